The van der Waals surface area contributed by atoms with Gasteiger partial charge in [0, 0.05) is 25.6 Å². The van der Waals surface area contributed by atoms with Crippen LogP contribution in [0.4, 0.5) is 0 Å². The number of rotatable bonds is 9. The molecule has 0 saturated carbocycles. The molecule has 1 aliphatic rings. The van der Waals surface area contributed by atoms with Crippen molar-refractivity contribution in [1.82, 2.24) is 15.1 Å². The standard InChI is InChI=1S/C21H31N3O4/c1-3-23(15-21(27)28)18-10-12-24(13-11-18)20(26)14-22-19(25)9-8-17-6-4-16(2)5-7-17/h4-7,18H,3,8-15H2,1-2H3,(H,22,25)(H,27,28). The summed E-state index contributed by atoms with van der Waals surface area (Å²) in [6, 6.07) is 8.27. The Morgan fingerprint density at radius 3 is 2.39 bits per heavy atom. The maximum absolute atomic E-state index is 12.3. The number of benzene rings is 1. The maximum atomic E-state index is 12.3. The number of carbonyl (C=O) groups excluding carboxylic acids is 2. The van der Waals surface area contributed by atoms with Crippen LogP contribution in [0.3, 0.4) is 0 Å². The maximum Gasteiger partial charge on any atom is 0.317 e. The summed E-state index contributed by atoms with van der Waals surface area (Å²) in [5, 5.41) is 11.7. The van der Waals surface area contributed by atoms with Crippen LogP contribution in [0.25, 0.3) is 0 Å². The highest BCUT2D eigenvalue weighted by molar-refractivity contribution is 5.84. The van der Waals surface area contributed by atoms with E-state index in [1.165, 1.54) is 5.56 Å². The van der Waals surface area contributed by atoms with Gasteiger partial charge in [-0.05, 0) is 38.3 Å². The Hall–Kier alpha value is -2.41. The summed E-state index contributed by atoms with van der Waals surface area (Å²) in [6.45, 7) is 5.90. The van der Waals surface area contributed by atoms with Crippen molar-refractivity contribution in [2.75, 3.05) is 32.7 Å². The van der Waals surface area contributed by atoms with Gasteiger partial charge in [0.05, 0.1) is 13.1 Å². The van der Waals surface area contributed by atoms with E-state index < -0.39 is 5.97 Å². The van der Waals surface area contributed by atoms with Gasteiger partial charge in [-0.15, -0.1) is 0 Å². The third-order valence-corrected chi connectivity index (χ3v) is 5.28. The predicted molar refractivity (Wildman–Crippen MR) is 107 cm³/mol. The van der Waals surface area contributed by atoms with E-state index in [0.29, 0.717) is 32.5 Å². The van der Waals surface area contributed by atoms with Gasteiger partial charge in [0.25, 0.3) is 0 Å². The first-order valence-corrected chi connectivity index (χ1v) is 9.95. The van der Waals surface area contributed by atoms with E-state index in [1.807, 2.05) is 43.0 Å². The van der Waals surface area contributed by atoms with Gasteiger partial charge < -0.3 is 15.3 Å². The Bertz CT molecular complexity index is 667. The average molecular weight is 389 g/mol. The highest BCUT2D eigenvalue weighted by Gasteiger charge is 2.27. The third-order valence-electron chi connectivity index (χ3n) is 5.28. The molecular weight excluding hydrogens is 358 g/mol. The number of piperidine rings is 1. The van der Waals surface area contributed by atoms with Crippen LogP contribution in [0.2, 0.25) is 0 Å². The molecule has 1 aliphatic heterocycles. The third kappa shape index (κ3) is 6.96. The van der Waals surface area contributed by atoms with E-state index in [0.717, 1.165) is 18.4 Å². The number of nitrogens with one attached hydrogen (secondary N) is 1. The number of carbonyl (C=O) groups is 3. The number of likely N-dealkylation sites (tertiary alicyclic amines) is 1. The summed E-state index contributed by atoms with van der Waals surface area (Å²) < 4.78 is 0. The van der Waals surface area contributed by atoms with E-state index in [9.17, 15) is 14.4 Å². The molecule has 2 N–H and O–H groups in total. The van der Waals surface area contributed by atoms with Gasteiger partial charge in [-0.2, -0.15) is 0 Å². The number of aryl methyl sites for hydroxylation is 2. The lowest BCUT2D eigenvalue weighted by atomic mass is 10.0. The van der Waals surface area contributed by atoms with Crippen LogP contribution in [0, 0.1) is 6.92 Å². The van der Waals surface area contributed by atoms with Crippen LogP contribution in [-0.2, 0) is 20.8 Å². The first-order valence-electron chi connectivity index (χ1n) is 9.95. The van der Waals surface area contributed by atoms with Crippen molar-refractivity contribution >= 4 is 17.8 Å². The van der Waals surface area contributed by atoms with E-state index in [1.54, 1.807) is 4.90 Å². The second kappa shape index (κ2) is 10.8. The average Bonchev–Trinajstić information content (AvgIpc) is 2.69. The SMILES string of the molecule is CCN(CC(=O)O)C1CCN(C(=O)CNC(=O)CCc2ccc(C)cc2)CC1. The quantitative estimate of drug-likeness (QED) is 0.667. The molecular formula is C21H31N3O4. The molecule has 0 radical (unpaired) electrons. The molecule has 1 aromatic carbocycles. The minimum Gasteiger partial charge on any atom is -0.480 e. The summed E-state index contributed by atoms with van der Waals surface area (Å²) >= 11 is 0. The molecule has 2 amide bonds. The highest BCUT2D eigenvalue weighted by atomic mass is 16.4. The van der Waals surface area contributed by atoms with Crippen molar-refractivity contribution in [1.29, 1.82) is 0 Å². The second-order valence-corrected chi connectivity index (χ2v) is 7.33. The van der Waals surface area contributed by atoms with Gasteiger partial charge in [-0.25, -0.2) is 0 Å². The lowest BCUT2D eigenvalue weighted by Gasteiger charge is -2.37. The molecule has 0 unspecified atom stereocenters. The lowest BCUT2D eigenvalue weighted by molar-refractivity contribution is -0.140. The summed E-state index contributed by atoms with van der Waals surface area (Å²) in [4.78, 5) is 39.0. The Morgan fingerprint density at radius 1 is 1.18 bits per heavy atom. The largest absolute Gasteiger partial charge is 0.480 e. The van der Waals surface area contributed by atoms with Crippen molar-refractivity contribution in [3.63, 3.8) is 0 Å². The zero-order valence-corrected chi connectivity index (χ0v) is 16.8. The second-order valence-electron chi connectivity index (χ2n) is 7.33. The van der Waals surface area contributed by atoms with E-state index in [2.05, 4.69) is 5.32 Å². The molecule has 7 heteroatoms. The first-order chi connectivity index (χ1) is 13.4. The normalized spacial score (nSPS) is 14.9. The lowest BCUT2D eigenvalue weighted by Crippen LogP contribution is -2.50. The molecule has 1 fully saturated rings. The summed E-state index contributed by atoms with van der Waals surface area (Å²) in [5.41, 5.74) is 2.29. The smallest absolute Gasteiger partial charge is 0.317 e. The molecule has 154 valence electrons. The fourth-order valence-electron chi connectivity index (χ4n) is 3.54. The number of amides is 2. The van der Waals surface area contributed by atoms with Gasteiger partial charge >= 0.3 is 5.97 Å². The molecule has 1 saturated heterocycles. The molecule has 1 aromatic rings. The van der Waals surface area contributed by atoms with Crippen LogP contribution < -0.4 is 5.32 Å². The molecule has 0 atom stereocenters. The number of nitrogens with zero attached hydrogens (tertiary/aromatic N) is 2. The molecule has 0 spiro atoms. The Balaban J connectivity index is 1.68. The van der Waals surface area contributed by atoms with Crippen LogP contribution in [-0.4, -0.2) is 71.5 Å². The number of carboxylic acids is 1. The van der Waals surface area contributed by atoms with Crippen LogP contribution in [0.1, 0.15) is 37.3 Å². The fourth-order valence-corrected chi connectivity index (χ4v) is 3.54. The van der Waals surface area contributed by atoms with Crippen LogP contribution in [0.15, 0.2) is 24.3 Å². The number of likely N-dealkylation sites (N-methyl/N-ethyl adjacent to an activating group) is 1. The first kappa shape index (κ1) is 21.9. The van der Waals surface area contributed by atoms with Gasteiger partial charge in [-0.3, -0.25) is 19.3 Å². The van der Waals surface area contributed by atoms with Gasteiger partial charge in [0.1, 0.15) is 0 Å². The molecule has 28 heavy (non-hydrogen) atoms. The van der Waals surface area contributed by atoms with E-state index in [4.69, 9.17) is 5.11 Å². The number of hydrogen-bond acceptors (Lipinski definition) is 4. The van der Waals surface area contributed by atoms with Gasteiger partial charge in [0.15, 0.2) is 0 Å². The Morgan fingerprint density at radius 2 is 1.82 bits per heavy atom. The van der Waals surface area contributed by atoms with E-state index in [-0.39, 0.29) is 30.9 Å². The van der Waals surface area contributed by atoms with Gasteiger partial charge in [-0.1, -0.05) is 36.8 Å². The zero-order valence-electron chi connectivity index (χ0n) is 16.8. The Labute approximate surface area is 166 Å². The van der Waals surface area contributed by atoms with Crippen molar-refractivity contribution < 1.29 is 19.5 Å². The topological polar surface area (TPSA) is 90.0 Å². The molecule has 0 bridgehead atoms. The molecule has 0 aliphatic carbocycles. The zero-order chi connectivity index (χ0) is 20.5. The van der Waals surface area contributed by atoms with Crippen LogP contribution >= 0.6 is 0 Å². The van der Waals surface area contributed by atoms with E-state index >= 15 is 0 Å². The van der Waals surface area contributed by atoms with Crippen molar-refractivity contribution in [2.24, 2.45) is 0 Å². The number of hydrogen-bond donors (Lipinski definition) is 2. The molecule has 2 rings (SSSR count). The van der Waals surface area contributed by atoms with Crippen molar-refractivity contribution in [3.8, 4) is 0 Å². The van der Waals surface area contributed by atoms with Crippen molar-refractivity contribution in [2.45, 2.75) is 45.6 Å². The Kier molecular flexibility index (Phi) is 8.44. The number of carboxylic acid groups (broad SMARTS) is 1. The minimum atomic E-state index is -0.825. The fraction of sp³-hybridized carbons (Fsp3) is 0.571. The molecule has 0 aromatic heterocycles. The highest BCUT2D eigenvalue weighted by Crippen LogP contribution is 2.16. The van der Waals surface area contributed by atoms with Gasteiger partial charge in [0.2, 0.25) is 11.8 Å². The monoisotopic (exact) mass is 389 g/mol. The summed E-state index contributed by atoms with van der Waals surface area (Å²) in [6.07, 6.45) is 2.53. The molecule has 1 heterocycles. The summed E-state index contributed by atoms with van der Waals surface area (Å²) in [7, 11) is 0. The minimum absolute atomic E-state index is 0.0179. The predicted octanol–water partition coefficient (Wildman–Crippen LogP) is 1.44. The van der Waals surface area contributed by atoms with Crippen molar-refractivity contribution in [3.05, 3.63) is 35.4 Å². The summed E-state index contributed by atoms with van der Waals surface area (Å²) in [5.74, 6) is -1.03. The molecule has 7 nitrogen and oxygen atoms in total. The number of aliphatic carboxylic acids is 1. The van der Waals surface area contributed by atoms with Crippen LogP contribution in [0.5, 0.6) is 0 Å².